The van der Waals surface area contributed by atoms with E-state index in [-0.39, 0.29) is 5.92 Å². The third-order valence-corrected chi connectivity index (χ3v) is 3.86. The highest BCUT2D eigenvalue weighted by Crippen LogP contribution is 2.28. The third kappa shape index (κ3) is 3.90. The van der Waals surface area contributed by atoms with Crippen LogP contribution in [0.3, 0.4) is 0 Å². The van der Waals surface area contributed by atoms with Gasteiger partial charge in [0.2, 0.25) is 5.91 Å². The maximum Gasteiger partial charge on any atom is 0.319 e. The van der Waals surface area contributed by atoms with Crippen LogP contribution in [0, 0.1) is 5.92 Å². The number of carbonyl (C=O) groups is 2. The highest BCUT2D eigenvalue weighted by molar-refractivity contribution is 5.96. The minimum absolute atomic E-state index is 0.0583. The molecule has 0 spiro atoms. The maximum absolute atomic E-state index is 12.2. The van der Waals surface area contributed by atoms with Crippen LogP contribution in [-0.4, -0.2) is 31.1 Å². The second-order valence-electron chi connectivity index (χ2n) is 5.93. The second-order valence-corrected chi connectivity index (χ2v) is 5.93. The van der Waals surface area contributed by atoms with Crippen LogP contribution in [-0.2, 0) is 4.79 Å². The number of amides is 3. The topological polar surface area (TPSA) is 87.5 Å². The number of benzene rings is 1. The summed E-state index contributed by atoms with van der Waals surface area (Å²) in [6.07, 6.45) is 2.33. The molecule has 6 nitrogen and oxygen atoms in total. The molecule has 1 aliphatic heterocycles. The number of para-hydroxylation sites is 2. The molecule has 0 aliphatic carbocycles. The van der Waals surface area contributed by atoms with Crippen molar-refractivity contribution < 1.29 is 9.59 Å². The average molecular weight is 304 g/mol. The number of primary amides is 1. The van der Waals surface area contributed by atoms with Gasteiger partial charge in [0, 0.05) is 13.1 Å². The first-order chi connectivity index (χ1) is 10.5. The van der Waals surface area contributed by atoms with Crippen molar-refractivity contribution in [2.45, 2.75) is 32.7 Å². The summed E-state index contributed by atoms with van der Waals surface area (Å²) in [5.74, 6) is -0.588. The fourth-order valence-electron chi connectivity index (χ4n) is 2.68. The zero-order valence-electron chi connectivity index (χ0n) is 13.1. The van der Waals surface area contributed by atoms with Crippen LogP contribution in [0.5, 0.6) is 0 Å². The van der Waals surface area contributed by atoms with Gasteiger partial charge in [-0.3, -0.25) is 4.79 Å². The van der Waals surface area contributed by atoms with E-state index >= 15 is 0 Å². The molecule has 1 aromatic rings. The quantitative estimate of drug-likeness (QED) is 0.776. The zero-order chi connectivity index (χ0) is 16.1. The molecule has 4 N–H and O–H groups in total. The molecule has 3 amide bonds. The highest BCUT2D eigenvalue weighted by Gasteiger charge is 2.22. The number of nitrogens with two attached hydrogens (primary N) is 1. The number of hydrogen-bond donors (Lipinski definition) is 3. The molecule has 0 radical (unpaired) electrons. The van der Waals surface area contributed by atoms with Crippen molar-refractivity contribution in [1.29, 1.82) is 0 Å². The number of urea groups is 1. The van der Waals surface area contributed by atoms with Gasteiger partial charge in [-0.05, 0) is 30.9 Å². The molecule has 1 fully saturated rings. The average Bonchev–Trinajstić information content (AvgIpc) is 2.98. The molecule has 1 atom stereocenters. The predicted molar refractivity (Wildman–Crippen MR) is 87.9 cm³/mol. The fraction of sp³-hybridized carbons (Fsp3) is 0.500. The van der Waals surface area contributed by atoms with E-state index in [1.54, 1.807) is 0 Å². The summed E-state index contributed by atoms with van der Waals surface area (Å²) in [7, 11) is 0. The smallest absolute Gasteiger partial charge is 0.319 e. The van der Waals surface area contributed by atoms with Crippen LogP contribution in [0.2, 0.25) is 0 Å². The molecular weight excluding hydrogens is 280 g/mol. The van der Waals surface area contributed by atoms with Crippen LogP contribution in [0.1, 0.15) is 26.7 Å². The van der Waals surface area contributed by atoms with Crippen LogP contribution in [0.4, 0.5) is 16.2 Å². The van der Waals surface area contributed by atoms with Gasteiger partial charge in [-0.1, -0.05) is 26.0 Å². The van der Waals surface area contributed by atoms with Crippen LogP contribution in [0.25, 0.3) is 0 Å². The van der Waals surface area contributed by atoms with E-state index in [2.05, 4.69) is 15.5 Å². The summed E-state index contributed by atoms with van der Waals surface area (Å²) < 4.78 is 0. The summed E-state index contributed by atoms with van der Waals surface area (Å²) >= 11 is 0. The van der Waals surface area contributed by atoms with Crippen LogP contribution >= 0.6 is 0 Å². The maximum atomic E-state index is 12.2. The third-order valence-electron chi connectivity index (χ3n) is 3.86. The number of carbonyl (C=O) groups excluding carboxylic acids is 2. The molecular formula is C16H24N4O2. The normalized spacial score (nSPS) is 15.7. The Morgan fingerprint density at radius 1 is 1.18 bits per heavy atom. The van der Waals surface area contributed by atoms with Gasteiger partial charge in [-0.25, -0.2) is 4.79 Å². The van der Waals surface area contributed by atoms with Crippen molar-refractivity contribution in [3.05, 3.63) is 24.3 Å². The lowest BCUT2D eigenvalue weighted by Crippen LogP contribution is -2.49. The standard InChI is InChI=1S/C16H24N4O2/c1-11(2)14(15(17)21)19-16(22)18-12-7-3-4-8-13(12)20-9-5-6-10-20/h3-4,7-8,11,14H,5-6,9-10H2,1-2H3,(H2,17,21)(H2,18,19,22)/t14-/m0/s1. The van der Waals surface area contributed by atoms with Gasteiger partial charge >= 0.3 is 6.03 Å². The van der Waals surface area contributed by atoms with E-state index in [4.69, 9.17) is 5.73 Å². The molecule has 120 valence electrons. The van der Waals surface area contributed by atoms with Crippen LogP contribution in [0.15, 0.2) is 24.3 Å². The molecule has 0 saturated carbocycles. The van der Waals surface area contributed by atoms with Crippen LogP contribution < -0.4 is 21.3 Å². The van der Waals surface area contributed by atoms with Crippen molar-refractivity contribution in [2.75, 3.05) is 23.3 Å². The lowest BCUT2D eigenvalue weighted by atomic mass is 10.0. The Balaban J connectivity index is 2.07. The first kappa shape index (κ1) is 16.1. The van der Waals surface area contributed by atoms with E-state index in [9.17, 15) is 9.59 Å². The summed E-state index contributed by atoms with van der Waals surface area (Å²) in [6, 6.07) is 6.60. The molecule has 1 aromatic carbocycles. The molecule has 0 bridgehead atoms. The zero-order valence-corrected chi connectivity index (χ0v) is 13.1. The van der Waals surface area contributed by atoms with Gasteiger partial charge in [0.25, 0.3) is 0 Å². The number of rotatable bonds is 5. The second kappa shape index (κ2) is 7.15. The van der Waals surface area contributed by atoms with Crippen molar-refractivity contribution in [3.8, 4) is 0 Å². The highest BCUT2D eigenvalue weighted by atomic mass is 16.2. The van der Waals surface area contributed by atoms with Gasteiger partial charge in [-0.2, -0.15) is 0 Å². The fourth-order valence-corrected chi connectivity index (χ4v) is 2.68. The largest absolute Gasteiger partial charge is 0.370 e. The minimum Gasteiger partial charge on any atom is -0.370 e. The first-order valence-electron chi connectivity index (χ1n) is 7.70. The van der Waals surface area contributed by atoms with Gasteiger partial charge in [-0.15, -0.1) is 0 Å². The van der Waals surface area contributed by atoms with Crippen molar-refractivity contribution in [2.24, 2.45) is 11.7 Å². The number of nitrogens with one attached hydrogen (secondary N) is 2. The summed E-state index contributed by atoms with van der Waals surface area (Å²) in [6.45, 7) is 5.67. The Hall–Kier alpha value is -2.24. The van der Waals surface area contributed by atoms with E-state index in [1.807, 2.05) is 38.1 Å². The molecule has 0 aromatic heterocycles. The Morgan fingerprint density at radius 3 is 2.41 bits per heavy atom. The van der Waals surface area contributed by atoms with Gasteiger partial charge in [0.15, 0.2) is 0 Å². The number of nitrogens with zero attached hydrogens (tertiary/aromatic N) is 1. The lowest BCUT2D eigenvalue weighted by Gasteiger charge is -2.23. The van der Waals surface area contributed by atoms with Gasteiger partial charge in [0.1, 0.15) is 6.04 Å². The Bertz CT molecular complexity index is 539. The van der Waals surface area contributed by atoms with E-state index in [0.29, 0.717) is 0 Å². The Morgan fingerprint density at radius 2 is 1.82 bits per heavy atom. The molecule has 1 heterocycles. The molecule has 6 heteroatoms. The Labute approximate surface area is 131 Å². The molecule has 2 rings (SSSR count). The predicted octanol–water partition coefficient (Wildman–Crippen LogP) is 1.92. The molecule has 1 aliphatic rings. The number of anilines is 2. The SMILES string of the molecule is CC(C)[C@H](NC(=O)Nc1ccccc1N1CCCC1)C(N)=O. The molecule has 1 saturated heterocycles. The molecule has 22 heavy (non-hydrogen) atoms. The molecule has 0 unspecified atom stereocenters. The van der Waals surface area contributed by atoms with Gasteiger partial charge in [0.05, 0.1) is 11.4 Å². The number of hydrogen-bond acceptors (Lipinski definition) is 3. The van der Waals surface area contributed by atoms with E-state index in [1.165, 1.54) is 0 Å². The summed E-state index contributed by atoms with van der Waals surface area (Å²) in [4.78, 5) is 25.8. The summed E-state index contributed by atoms with van der Waals surface area (Å²) in [5.41, 5.74) is 7.07. The van der Waals surface area contributed by atoms with Crippen molar-refractivity contribution >= 4 is 23.3 Å². The van der Waals surface area contributed by atoms with E-state index in [0.717, 1.165) is 37.3 Å². The van der Waals surface area contributed by atoms with E-state index < -0.39 is 18.0 Å². The monoisotopic (exact) mass is 304 g/mol. The van der Waals surface area contributed by atoms with Crippen molar-refractivity contribution in [3.63, 3.8) is 0 Å². The lowest BCUT2D eigenvalue weighted by molar-refractivity contribution is -0.120. The minimum atomic E-state index is -0.682. The van der Waals surface area contributed by atoms with Gasteiger partial charge < -0.3 is 21.3 Å². The summed E-state index contributed by atoms with van der Waals surface area (Å²) in [5, 5.41) is 5.47. The van der Waals surface area contributed by atoms with Crippen molar-refractivity contribution in [1.82, 2.24) is 5.32 Å². The first-order valence-corrected chi connectivity index (χ1v) is 7.70. The Kier molecular flexibility index (Phi) is 5.25.